The Kier molecular flexibility index (Phi) is 6.16. The Labute approximate surface area is 178 Å². The summed E-state index contributed by atoms with van der Waals surface area (Å²) in [4.78, 5) is 32.2. The third-order valence-corrected chi connectivity index (χ3v) is 7.55. The molecule has 2 amide bonds. The van der Waals surface area contributed by atoms with Crippen molar-refractivity contribution in [2.45, 2.75) is 39.5 Å². The number of urea groups is 1. The molecule has 0 radical (unpaired) electrons. The fourth-order valence-corrected chi connectivity index (χ4v) is 4.88. The molecule has 2 heterocycles. The average molecular weight is 427 g/mol. The van der Waals surface area contributed by atoms with E-state index in [1.165, 1.54) is 11.4 Å². The van der Waals surface area contributed by atoms with Crippen LogP contribution in [0.5, 0.6) is 0 Å². The standard InChI is InChI=1S/C22H30N4O3Si/c1-15-12-17(21(27)28)13-23-20(15)25-10-11-26(16(2)14-25)22(29)24-18-6-8-19(9-7-18)30(3,4)5/h6-9,12-13,16H,10-11,14H2,1-5H3,(H,24,29)(H,27,28). The van der Waals surface area contributed by atoms with Crippen molar-refractivity contribution >= 4 is 36.8 Å². The second-order valence-corrected chi connectivity index (χ2v) is 14.0. The summed E-state index contributed by atoms with van der Waals surface area (Å²) in [5.41, 5.74) is 1.81. The first-order chi connectivity index (χ1) is 14.1. The molecule has 8 heteroatoms. The minimum Gasteiger partial charge on any atom is -0.478 e. The molecule has 1 fully saturated rings. The van der Waals surface area contributed by atoms with E-state index in [0.29, 0.717) is 19.6 Å². The van der Waals surface area contributed by atoms with E-state index in [4.69, 9.17) is 5.11 Å². The summed E-state index contributed by atoms with van der Waals surface area (Å²) in [5.74, 6) is -0.210. The molecule has 1 aliphatic heterocycles. The number of nitrogens with zero attached hydrogens (tertiary/aromatic N) is 3. The fraction of sp³-hybridized carbons (Fsp3) is 0.409. The molecule has 1 aromatic carbocycles. The lowest BCUT2D eigenvalue weighted by molar-refractivity contribution is 0.0696. The van der Waals surface area contributed by atoms with Crippen molar-refractivity contribution < 1.29 is 14.7 Å². The van der Waals surface area contributed by atoms with Crippen molar-refractivity contribution in [2.75, 3.05) is 29.9 Å². The van der Waals surface area contributed by atoms with Crippen LogP contribution >= 0.6 is 0 Å². The van der Waals surface area contributed by atoms with Crippen LogP contribution in [0.25, 0.3) is 0 Å². The third kappa shape index (κ3) is 4.81. The second kappa shape index (κ2) is 8.47. The van der Waals surface area contributed by atoms with E-state index in [-0.39, 0.29) is 17.6 Å². The Balaban J connectivity index is 1.64. The molecule has 0 spiro atoms. The Hall–Kier alpha value is -2.87. The highest BCUT2D eigenvalue weighted by atomic mass is 28.3. The van der Waals surface area contributed by atoms with Gasteiger partial charge in [-0.1, -0.05) is 37.0 Å². The fourth-order valence-electron chi connectivity index (χ4n) is 3.72. The number of aryl methyl sites for hydroxylation is 1. The zero-order chi connectivity index (χ0) is 22.1. The van der Waals surface area contributed by atoms with Gasteiger partial charge >= 0.3 is 12.0 Å². The van der Waals surface area contributed by atoms with Crippen LogP contribution in [0, 0.1) is 6.92 Å². The van der Waals surface area contributed by atoms with Crippen molar-refractivity contribution in [1.82, 2.24) is 9.88 Å². The maximum absolute atomic E-state index is 12.8. The molecule has 160 valence electrons. The van der Waals surface area contributed by atoms with Gasteiger partial charge < -0.3 is 20.2 Å². The lowest BCUT2D eigenvalue weighted by Crippen LogP contribution is -2.55. The number of piperazine rings is 1. The van der Waals surface area contributed by atoms with E-state index in [1.54, 1.807) is 6.07 Å². The van der Waals surface area contributed by atoms with Gasteiger partial charge in [0.25, 0.3) is 0 Å². The number of carbonyl (C=O) groups excluding carboxylic acids is 1. The van der Waals surface area contributed by atoms with Gasteiger partial charge in [0.2, 0.25) is 0 Å². The molecule has 1 aromatic heterocycles. The quantitative estimate of drug-likeness (QED) is 0.732. The Morgan fingerprint density at radius 1 is 1.17 bits per heavy atom. The van der Waals surface area contributed by atoms with Crippen molar-refractivity contribution in [1.29, 1.82) is 0 Å². The number of anilines is 2. The SMILES string of the molecule is Cc1cc(C(=O)O)cnc1N1CCN(C(=O)Nc2ccc([Si](C)(C)C)cc2)C(C)C1. The largest absolute Gasteiger partial charge is 0.478 e. The van der Waals surface area contributed by atoms with E-state index < -0.39 is 14.0 Å². The van der Waals surface area contributed by atoms with Gasteiger partial charge in [-0.3, -0.25) is 0 Å². The lowest BCUT2D eigenvalue weighted by atomic mass is 10.1. The van der Waals surface area contributed by atoms with Gasteiger partial charge in [-0.15, -0.1) is 0 Å². The van der Waals surface area contributed by atoms with Crippen LogP contribution in [0.1, 0.15) is 22.8 Å². The molecule has 0 bridgehead atoms. The molecule has 2 N–H and O–H groups in total. The topological polar surface area (TPSA) is 85.8 Å². The monoisotopic (exact) mass is 426 g/mol. The Morgan fingerprint density at radius 2 is 1.83 bits per heavy atom. The molecule has 3 rings (SSSR count). The van der Waals surface area contributed by atoms with E-state index in [9.17, 15) is 9.59 Å². The smallest absolute Gasteiger partial charge is 0.337 e. The Morgan fingerprint density at radius 3 is 2.37 bits per heavy atom. The van der Waals surface area contributed by atoms with Gasteiger partial charge in [0.15, 0.2) is 0 Å². The summed E-state index contributed by atoms with van der Waals surface area (Å²) < 4.78 is 0. The summed E-state index contributed by atoms with van der Waals surface area (Å²) in [6.45, 7) is 12.6. The van der Waals surface area contributed by atoms with Crippen LogP contribution in [0.2, 0.25) is 19.6 Å². The highest BCUT2D eigenvalue weighted by Gasteiger charge is 2.29. The average Bonchev–Trinajstić information content (AvgIpc) is 2.67. The van der Waals surface area contributed by atoms with E-state index in [0.717, 1.165) is 17.1 Å². The maximum Gasteiger partial charge on any atom is 0.337 e. The number of carboxylic acids is 1. The lowest BCUT2D eigenvalue weighted by Gasteiger charge is -2.40. The number of hydrogen-bond donors (Lipinski definition) is 2. The van der Waals surface area contributed by atoms with E-state index >= 15 is 0 Å². The number of nitrogens with one attached hydrogen (secondary N) is 1. The van der Waals surface area contributed by atoms with Gasteiger partial charge in [-0.25, -0.2) is 14.6 Å². The number of carboxylic acid groups (broad SMARTS) is 1. The van der Waals surface area contributed by atoms with Crippen LogP contribution in [0.4, 0.5) is 16.3 Å². The molecule has 1 saturated heterocycles. The summed E-state index contributed by atoms with van der Waals surface area (Å²) in [6, 6.07) is 9.71. The number of carbonyl (C=O) groups is 2. The molecule has 30 heavy (non-hydrogen) atoms. The summed E-state index contributed by atoms with van der Waals surface area (Å²) >= 11 is 0. The van der Waals surface area contributed by atoms with Gasteiger partial charge in [-0.2, -0.15) is 0 Å². The van der Waals surface area contributed by atoms with Gasteiger partial charge in [-0.05, 0) is 37.6 Å². The zero-order valence-corrected chi connectivity index (χ0v) is 19.3. The van der Waals surface area contributed by atoms with Gasteiger partial charge in [0.05, 0.1) is 13.6 Å². The van der Waals surface area contributed by atoms with Crippen LogP contribution in [0.3, 0.4) is 0 Å². The number of aromatic nitrogens is 1. The number of pyridine rings is 1. The van der Waals surface area contributed by atoms with E-state index in [1.807, 2.05) is 30.9 Å². The highest BCUT2D eigenvalue weighted by Crippen LogP contribution is 2.22. The zero-order valence-electron chi connectivity index (χ0n) is 18.3. The van der Waals surface area contributed by atoms with Crippen LogP contribution in [-0.2, 0) is 0 Å². The molecule has 0 aliphatic carbocycles. The predicted octanol–water partition coefficient (Wildman–Crippen LogP) is 3.38. The minimum absolute atomic E-state index is 0.000330. The third-order valence-electron chi connectivity index (χ3n) is 5.49. The first-order valence-corrected chi connectivity index (χ1v) is 13.7. The van der Waals surface area contributed by atoms with Crippen molar-refractivity contribution in [3.63, 3.8) is 0 Å². The molecular formula is C22H30N4O3Si. The number of benzene rings is 1. The van der Waals surface area contributed by atoms with Crippen molar-refractivity contribution in [3.8, 4) is 0 Å². The van der Waals surface area contributed by atoms with E-state index in [2.05, 4.69) is 47.0 Å². The summed E-state index contributed by atoms with van der Waals surface area (Å²) in [7, 11) is -1.36. The number of aromatic carboxylic acids is 1. The predicted molar refractivity (Wildman–Crippen MR) is 123 cm³/mol. The first-order valence-electron chi connectivity index (χ1n) is 10.2. The second-order valence-electron chi connectivity index (χ2n) is 8.92. The molecule has 1 atom stereocenters. The summed E-state index contributed by atoms with van der Waals surface area (Å²) in [6.07, 6.45) is 1.39. The number of hydrogen-bond acceptors (Lipinski definition) is 4. The normalized spacial score (nSPS) is 17.0. The van der Waals surface area contributed by atoms with Gasteiger partial charge in [0, 0.05) is 37.6 Å². The van der Waals surface area contributed by atoms with Crippen LogP contribution in [0.15, 0.2) is 36.5 Å². The molecule has 2 aromatic rings. The van der Waals surface area contributed by atoms with Gasteiger partial charge in [0.1, 0.15) is 5.82 Å². The molecule has 7 nitrogen and oxygen atoms in total. The van der Waals surface area contributed by atoms with Crippen LogP contribution < -0.4 is 15.4 Å². The highest BCUT2D eigenvalue weighted by molar-refractivity contribution is 6.88. The van der Waals surface area contributed by atoms with Crippen molar-refractivity contribution in [3.05, 3.63) is 47.7 Å². The maximum atomic E-state index is 12.8. The molecule has 1 aliphatic rings. The Bertz CT molecular complexity index is 940. The van der Waals surface area contributed by atoms with Crippen LogP contribution in [-0.4, -0.2) is 60.7 Å². The molecular weight excluding hydrogens is 396 g/mol. The minimum atomic E-state index is -1.36. The number of amides is 2. The summed E-state index contributed by atoms with van der Waals surface area (Å²) in [5, 5.41) is 13.5. The molecule has 1 unspecified atom stereocenters. The molecule has 0 saturated carbocycles. The van der Waals surface area contributed by atoms with Crippen molar-refractivity contribution in [2.24, 2.45) is 0 Å². The first kappa shape index (κ1) is 21.8. The number of rotatable bonds is 4.